The van der Waals surface area contributed by atoms with Crippen LogP contribution in [0.15, 0.2) is 53.5 Å². The number of aromatic nitrogens is 3. The Bertz CT molecular complexity index is 1370. The van der Waals surface area contributed by atoms with Crippen molar-refractivity contribution < 1.29 is 18.7 Å². The summed E-state index contributed by atoms with van der Waals surface area (Å²) in [6.45, 7) is 4.92. The van der Waals surface area contributed by atoms with Gasteiger partial charge in [0.25, 0.3) is 5.56 Å². The quantitative estimate of drug-likeness (QED) is 0.523. The van der Waals surface area contributed by atoms with Crippen molar-refractivity contribution in [2.75, 3.05) is 31.1 Å². The van der Waals surface area contributed by atoms with E-state index in [-0.39, 0.29) is 30.5 Å². The summed E-state index contributed by atoms with van der Waals surface area (Å²) in [5, 5.41) is 18.7. The smallest absolute Gasteiger partial charge is 0.264 e. The van der Waals surface area contributed by atoms with Crippen LogP contribution in [0.25, 0.3) is 0 Å². The van der Waals surface area contributed by atoms with Crippen molar-refractivity contribution in [1.29, 1.82) is 0 Å². The van der Waals surface area contributed by atoms with Gasteiger partial charge in [-0.2, -0.15) is 5.10 Å². The number of nitrogens with one attached hydrogen (secondary N) is 1. The first-order chi connectivity index (χ1) is 18.1. The number of aliphatic hydroxyl groups is 1. The number of pyridine rings is 1. The van der Waals surface area contributed by atoms with E-state index in [0.717, 1.165) is 17.8 Å². The molecule has 2 N–H and O–H groups in total. The van der Waals surface area contributed by atoms with Crippen molar-refractivity contribution in [3.8, 4) is 0 Å². The Hall–Kier alpha value is -3.37. The number of aromatic amines is 1. The second-order valence-corrected chi connectivity index (χ2v) is 10.7. The summed E-state index contributed by atoms with van der Waals surface area (Å²) < 4.78 is 27.6. The lowest BCUT2D eigenvalue weighted by Gasteiger charge is -2.48. The normalized spacial score (nSPS) is 27.5. The number of piperidine rings is 1. The summed E-state index contributed by atoms with van der Waals surface area (Å²) in [7, 11) is 0. The SMILES string of the molecule is C[C@@H]1CN(C(=O)[C@@H]2CN(c3ccc(=O)[nH]n3)C[C@H]2c2ccc(Cl)cn2)C[C@H](C)C1(O)c1ccc(F)c(F)c1. The third-order valence-corrected chi connectivity index (χ3v) is 8.16. The van der Waals surface area contributed by atoms with Crippen molar-refractivity contribution in [2.24, 2.45) is 17.8 Å². The van der Waals surface area contributed by atoms with Gasteiger partial charge < -0.3 is 14.9 Å². The molecule has 0 spiro atoms. The Kier molecular flexibility index (Phi) is 6.96. The molecule has 11 heteroatoms. The second kappa shape index (κ2) is 10.1. The van der Waals surface area contributed by atoms with Crippen molar-refractivity contribution in [1.82, 2.24) is 20.1 Å². The first-order valence-corrected chi connectivity index (χ1v) is 12.8. The van der Waals surface area contributed by atoms with E-state index < -0.39 is 35.0 Å². The van der Waals surface area contributed by atoms with E-state index in [0.29, 0.717) is 29.5 Å². The summed E-state index contributed by atoms with van der Waals surface area (Å²) in [5.74, 6) is -3.14. The van der Waals surface area contributed by atoms with Gasteiger partial charge in [-0.3, -0.25) is 14.6 Å². The molecule has 2 fully saturated rings. The Labute approximate surface area is 223 Å². The predicted octanol–water partition coefficient (Wildman–Crippen LogP) is 3.32. The van der Waals surface area contributed by atoms with E-state index >= 15 is 0 Å². The van der Waals surface area contributed by atoms with E-state index in [1.165, 1.54) is 12.1 Å². The van der Waals surface area contributed by atoms with Crippen LogP contribution in [-0.2, 0) is 10.4 Å². The molecule has 1 amide bonds. The minimum absolute atomic E-state index is 0.0929. The van der Waals surface area contributed by atoms with Crippen molar-refractivity contribution >= 4 is 23.3 Å². The van der Waals surface area contributed by atoms with Crippen molar-refractivity contribution in [3.63, 3.8) is 0 Å². The lowest BCUT2D eigenvalue weighted by Crippen LogP contribution is -2.57. The summed E-state index contributed by atoms with van der Waals surface area (Å²) >= 11 is 6.05. The van der Waals surface area contributed by atoms with Gasteiger partial charge in [-0.05, 0) is 35.9 Å². The Morgan fingerprint density at radius 2 is 1.79 bits per heavy atom. The summed E-state index contributed by atoms with van der Waals surface area (Å²) in [5.41, 5.74) is -0.732. The van der Waals surface area contributed by atoms with Crippen LogP contribution < -0.4 is 10.5 Å². The fourth-order valence-corrected chi connectivity index (χ4v) is 6.00. The summed E-state index contributed by atoms with van der Waals surface area (Å²) in [6.07, 6.45) is 1.55. The molecule has 0 bridgehead atoms. The van der Waals surface area contributed by atoms with Gasteiger partial charge in [0, 0.05) is 61.9 Å². The van der Waals surface area contributed by atoms with Gasteiger partial charge in [-0.25, -0.2) is 13.9 Å². The van der Waals surface area contributed by atoms with Gasteiger partial charge in [0.05, 0.1) is 16.5 Å². The number of amides is 1. The molecule has 200 valence electrons. The monoisotopic (exact) mass is 543 g/mol. The molecule has 2 aliphatic rings. The van der Waals surface area contributed by atoms with E-state index in [4.69, 9.17) is 11.6 Å². The molecular weight excluding hydrogens is 516 g/mol. The largest absolute Gasteiger partial charge is 0.384 e. The molecule has 8 nitrogen and oxygen atoms in total. The highest BCUT2D eigenvalue weighted by Crippen LogP contribution is 2.43. The standard InChI is InChI=1S/C27H28ClF2N5O3/c1-15-11-35(12-16(2)27(15,38)17-3-5-21(29)22(30)9-17)26(37)20-14-34(24-7-8-25(36)33-32-24)13-19(20)23-6-4-18(28)10-31-23/h3-10,15-16,19-20,38H,11-14H2,1-2H3,(H,33,36)/t15-,16+,19-,20-,27?/m1/s1. The van der Waals surface area contributed by atoms with Gasteiger partial charge in [-0.15, -0.1) is 0 Å². The van der Waals surface area contributed by atoms with E-state index in [1.807, 2.05) is 4.90 Å². The molecule has 5 rings (SSSR count). The van der Waals surface area contributed by atoms with Gasteiger partial charge in [-0.1, -0.05) is 31.5 Å². The molecule has 3 aromatic rings. The van der Waals surface area contributed by atoms with Crippen LogP contribution in [0.5, 0.6) is 0 Å². The molecule has 2 aliphatic heterocycles. The zero-order valence-electron chi connectivity index (χ0n) is 20.9. The van der Waals surface area contributed by atoms with Crippen LogP contribution in [0.1, 0.15) is 31.0 Å². The van der Waals surface area contributed by atoms with Crippen LogP contribution in [0, 0.1) is 29.4 Å². The fraction of sp³-hybridized carbons (Fsp3) is 0.407. The molecule has 38 heavy (non-hydrogen) atoms. The molecule has 2 saturated heterocycles. The van der Waals surface area contributed by atoms with E-state index in [2.05, 4.69) is 15.2 Å². The average Bonchev–Trinajstić information content (AvgIpc) is 3.34. The highest BCUT2D eigenvalue weighted by Gasteiger charge is 2.49. The number of anilines is 1. The predicted molar refractivity (Wildman–Crippen MR) is 138 cm³/mol. The Balaban J connectivity index is 1.41. The number of hydrogen-bond acceptors (Lipinski definition) is 6. The van der Waals surface area contributed by atoms with Crippen LogP contribution in [-0.4, -0.2) is 57.3 Å². The number of benzene rings is 1. The maximum atomic E-state index is 14.0. The van der Waals surface area contributed by atoms with Crippen LogP contribution in [0.4, 0.5) is 14.6 Å². The van der Waals surface area contributed by atoms with Crippen molar-refractivity contribution in [3.05, 3.63) is 86.9 Å². The number of carbonyl (C=O) groups excluding carboxylic acids is 1. The Morgan fingerprint density at radius 1 is 1.05 bits per heavy atom. The van der Waals surface area contributed by atoms with E-state index in [1.54, 1.807) is 43.1 Å². The lowest BCUT2D eigenvalue weighted by molar-refractivity contribution is -0.152. The Morgan fingerprint density at radius 3 is 2.39 bits per heavy atom. The first-order valence-electron chi connectivity index (χ1n) is 12.5. The molecule has 2 aromatic heterocycles. The second-order valence-electron chi connectivity index (χ2n) is 10.3. The maximum absolute atomic E-state index is 14.0. The fourth-order valence-electron chi connectivity index (χ4n) is 5.89. The van der Waals surface area contributed by atoms with Gasteiger partial charge in [0.2, 0.25) is 5.91 Å². The molecule has 4 heterocycles. The van der Waals surface area contributed by atoms with Crippen LogP contribution in [0.2, 0.25) is 5.02 Å². The highest BCUT2D eigenvalue weighted by atomic mass is 35.5. The lowest BCUT2D eigenvalue weighted by atomic mass is 9.70. The summed E-state index contributed by atoms with van der Waals surface area (Å²) in [4.78, 5) is 33.7. The molecule has 1 aromatic carbocycles. The molecule has 1 unspecified atom stereocenters. The van der Waals surface area contributed by atoms with Crippen LogP contribution in [0.3, 0.4) is 0 Å². The topological polar surface area (TPSA) is 102 Å². The molecular formula is C27H28ClF2N5O3. The maximum Gasteiger partial charge on any atom is 0.264 e. The number of halogens is 3. The number of hydrogen-bond donors (Lipinski definition) is 2. The van der Waals surface area contributed by atoms with Gasteiger partial charge in [0.15, 0.2) is 11.6 Å². The van der Waals surface area contributed by atoms with Gasteiger partial charge in [0.1, 0.15) is 5.82 Å². The minimum Gasteiger partial charge on any atom is -0.384 e. The number of nitrogens with zero attached hydrogens (tertiary/aromatic N) is 4. The first kappa shape index (κ1) is 26.2. The molecule has 0 aliphatic carbocycles. The number of H-pyrrole nitrogens is 1. The molecule has 5 atom stereocenters. The molecule has 0 saturated carbocycles. The average molecular weight is 544 g/mol. The van der Waals surface area contributed by atoms with Crippen LogP contribution >= 0.6 is 11.6 Å². The van der Waals surface area contributed by atoms with Crippen molar-refractivity contribution in [2.45, 2.75) is 25.4 Å². The number of rotatable bonds is 4. The minimum atomic E-state index is -1.43. The zero-order valence-corrected chi connectivity index (χ0v) is 21.7. The number of carbonyl (C=O) groups is 1. The third kappa shape index (κ3) is 4.67. The summed E-state index contributed by atoms with van der Waals surface area (Å²) in [6, 6.07) is 10.00. The van der Waals surface area contributed by atoms with E-state index in [9.17, 15) is 23.5 Å². The molecule has 0 radical (unpaired) electrons. The highest BCUT2D eigenvalue weighted by molar-refractivity contribution is 6.30. The van der Waals surface area contributed by atoms with Gasteiger partial charge >= 0.3 is 0 Å². The third-order valence-electron chi connectivity index (χ3n) is 7.94. The number of likely N-dealkylation sites (tertiary alicyclic amines) is 1. The zero-order chi connectivity index (χ0) is 27.2.